The summed E-state index contributed by atoms with van der Waals surface area (Å²) in [5.74, 6) is 0.796. The van der Waals surface area contributed by atoms with Crippen LogP contribution in [0.5, 0.6) is 5.75 Å². The molecule has 0 atom stereocenters. The summed E-state index contributed by atoms with van der Waals surface area (Å²) in [4.78, 5) is 29.6. The second kappa shape index (κ2) is 9.41. The lowest BCUT2D eigenvalue weighted by molar-refractivity contribution is 0.309. The lowest BCUT2D eigenvalue weighted by atomic mass is 10.1. The van der Waals surface area contributed by atoms with Crippen LogP contribution in [-0.2, 0) is 6.42 Å². The molecule has 0 aliphatic heterocycles. The lowest BCUT2D eigenvalue weighted by Gasteiger charge is -2.04. The zero-order valence-electron chi connectivity index (χ0n) is 16.9. The Bertz CT molecular complexity index is 1360. The van der Waals surface area contributed by atoms with Crippen LogP contribution in [0.15, 0.2) is 58.1 Å². The van der Waals surface area contributed by atoms with Crippen LogP contribution in [0.4, 0.5) is 0 Å². The molecule has 0 saturated carbocycles. The molecular formula is C23H20ClN3O3S. The van der Waals surface area contributed by atoms with Gasteiger partial charge in [0, 0.05) is 11.4 Å². The van der Waals surface area contributed by atoms with Crippen molar-refractivity contribution in [1.82, 2.24) is 14.6 Å². The van der Waals surface area contributed by atoms with Gasteiger partial charge in [-0.25, -0.2) is 0 Å². The van der Waals surface area contributed by atoms with Crippen molar-refractivity contribution < 1.29 is 4.74 Å². The molecule has 0 saturated heterocycles. The zero-order valence-corrected chi connectivity index (χ0v) is 18.4. The van der Waals surface area contributed by atoms with Crippen molar-refractivity contribution in [2.45, 2.75) is 26.2 Å². The SMILES string of the molecule is CCCCOc1ccc(C=c2sc3nc(=O)c(Cc4ccc(Cl)cc4)nn3c2=O)cc1. The van der Waals surface area contributed by atoms with E-state index in [0.29, 0.717) is 16.2 Å². The third-order valence-corrected chi connectivity index (χ3v) is 5.89. The Hall–Kier alpha value is -3.03. The van der Waals surface area contributed by atoms with E-state index in [9.17, 15) is 9.59 Å². The van der Waals surface area contributed by atoms with Gasteiger partial charge in [-0.2, -0.15) is 14.6 Å². The molecule has 2 aromatic heterocycles. The van der Waals surface area contributed by atoms with Crippen LogP contribution in [0.2, 0.25) is 5.02 Å². The fraction of sp³-hybridized carbons (Fsp3) is 0.217. The number of hydrogen-bond donors (Lipinski definition) is 0. The van der Waals surface area contributed by atoms with E-state index >= 15 is 0 Å². The molecule has 8 heteroatoms. The normalized spacial score (nSPS) is 11.9. The predicted molar refractivity (Wildman–Crippen MR) is 123 cm³/mol. The summed E-state index contributed by atoms with van der Waals surface area (Å²) in [5, 5.41) is 4.89. The number of nitrogens with zero attached hydrogens (tertiary/aromatic N) is 3. The minimum absolute atomic E-state index is 0.217. The first-order chi connectivity index (χ1) is 15.0. The minimum Gasteiger partial charge on any atom is -0.494 e. The molecule has 0 fully saturated rings. The monoisotopic (exact) mass is 453 g/mol. The number of rotatable bonds is 7. The van der Waals surface area contributed by atoms with Gasteiger partial charge in [0.15, 0.2) is 0 Å². The van der Waals surface area contributed by atoms with Crippen LogP contribution in [0, 0.1) is 0 Å². The average Bonchev–Trinajstić information content (AvgIpc) is 3.06. The van der Waals surface area contributed by atoms with Crippen LogP contribution < -0.4 is 20.4 Å². The van der Waals surface area contributed by atoms with Crippen molar-refractivity contribution in [2.75, 3.05) is 6.61 Å². The molecule has 2 aromatic carbocycles. The first-order valence-corrected chi connectivity index (χ1v) is 11.1. The van der Waals surface area contributed by atoms with E-state index in [4.69, 9.17) is 16.3 Å². The topological polar surface area (TPSA) is 73.6 Å². The highest BCUT2D eigenvalue weighted by molar-refractivity contribution is 7.15. The molecule has 6 nitrogen and oxygen atoms in total. The van der Waals surface area contributed by atoms with Gasteiger partial charge in [0.25, 0.3) is 11.1 Å². The Morgan fingerprint density at radius 1 is 1.10 bits per heavy atom. The second-order valence-electron chi connectivity index (χ2n) is 7.05. The Labute approximate surface area is 187 Å². The second-order valence-corrected chi connectivity index (χ2v) is 8.49. The number of thiazole rings is 1. The van der Waals surface area contributed by atoms with E-state index in [1.807, 2.05) is 36.4 Å². The molecule has 31 heavy (non-hydrogen) atoms. The van der Waals surface area contributed by atoms with Crippen molar-refractivity contribution >= 4 is 34.0 Å². The van der Waals surface area contributed by atoms with E-state index in [2.05, 4.69) is 17.0 Å². The summed E-state index contributed by atoms with van der Waals surface area (Å²) in [6.07, 6.45) is 4.13. The van der Waals surface area contributed by atoms with Crippen molar-refractivity contribution in [3.8, 4) is 5.75 Å². The summed E-state index contributed by atoms with van der Waals surface area (Å²) in [5.41, 5.74) is 1.21. The summed E-state index contributed by atoms with van der Waals surface area (Å²) in [7, 11) is 0. The van der Waals surface area contributed by atoms with Crippen LogP contribution in [0.1, 0.15) is 36.6 Å². The first kappa shape index (κ1) is 21.2. The van der Waals surface area contributed by atoms with E-state index in [1.165, 1.54) is 4.52 Å². The Morgan fingerprint density at radius 2 is 1.84 bits per heavy atom. The van der Waals surface area contributed by atoms with E-state index in [0.717, 1.165) is 41.1 Å². The standard InChI is InChI=1S/C23H20ClN3O3S/c1-2-3-12-30-18-10-6-16(7-11-18)14-20-22(29)27-23(31-20)25-21(28)19(26-27)13-15-4-8-17(24)9-5-15/h4-11,14H,2-3,12-13H2,1H3. The number of ether oxygens (including phenoxy) is 1. The third kappa shape index (κ3) is 5.00. The fourth-order valence-electron chi connectivity index (χ4n) is 2.99. The molecule has 0 bridgehead atoms. The van der Waals surface area contributed by atoms with E-state index in [-0.39, 0.29) is 22.6 Å². The average molecular weight is 454 g/mol. The highest BCUT2D eigenvalue weighted by Gasteiger charge is 2.12. The van der Waals surface area contributed by atoms with Crippen molar-refractivity contribution in [1.29, 1.82) is 0 Å². The number of aromatic nitrogens is 3. The molecule has 4 aromatic rings. The molecule has 0 spiro atoms. The van der Waals surface area contributed by atoms with Gasteiger partial charge in [-0.3, -0.25) is 9.59 Å². The van der Waals surface area contributed by atoms with Crippen molar-refractivity contribution in [3.05, 3.63) is 95.6 Å². The summed E-state index contributed by atoms with van der Waals surface area (Å²) >= 11 is 7.05. The predicted octanol–water partition coefficient (Wildman–Crippen LogP) is 3.48. The third-order valence-electron chi connectivity index (χ3n) is 4.68. The molecule has 0 amide bonds. The maximum Gasteiger partial charge on any atom is 0.296 e. The van der Waals surface area contributed by atoms with E-state index in [1.54, 1.807) is 18.2 Å². The van der Waals surface area contributed by atoms with Gasteiger partial charge >= 0.3 is 0 Å². The smallest absolute Gasteiger partial charge is 0.296 e. The van der Waals surface area contributed by atoms with Crippen LogP contribution in [0.3, 0.4) is 0 Å². The van der Waals surface area contributed by atoms with Crippen LogP contribution in [-0.4, -0.2) is 21.2 Å². The molecule has 158 valence electrons. The summed E-state index contributed by atoms with van der Waals surface area (Å²) < 4.78 is 7.33. The van der Waals surface area contributed by atoms with Crippen LogP contribution in [0.25, 0.3) is 11.0 Å². The highest BCUT2D eigenvalue weighted by Crippen LogP contribution is 2.14. The van der Waals surface area contributed by atoms with Gasteiger partial charge in [-0.1, -0.05) is 60.5 Å². The van der Waals surface area contributed by atoms with Gasteiger partial charge in [-0.05, 0) is 47.9 Å². The quantitative estimate of drug-likeness (QED) is 0.400. The van der Waals surface area contributed by atoms with Crippen LogP contribution >= 0.6 is 22.9 Å². The molecule has 0 aliphatic rings. The van der Waals surface area contributed by atoms with Crippen molar-refractivity contribution in [2.24, 2.45) is 0 Å². The molecule has 0 N–H and O–H groups in total. The highest BCUT2D eigenvalue weighted by atomic mass is 35.5. The fourth-order valence-corrected chi connectivity index (χ4v) is 4.02. The zero-order chi connectivity index (χ0) is 21.8. The first-order valence-electron chi connectivity index (χ1n) is 9.95. The molecule has 0 radical (unpaired) electrons. The Morgan fingerprint density at radius 3 is 2.55 bits per heavy atom. The van der Waals surface area contributed by atoms with E-state index < -0.39 is 5.56 Å². The Kier molecular flexibility index (Phi) is 6.44. The summed E-state index contributed by atoms with van der Waals surface area (Å²) in [6.45, 7) is 2.80. The largest absolute Gasteiger partial charge is 0.494 e. The maximum absolute atomic E-state index is 12.8. The number of fused-ring (bicyclic) bond motifs is 1. The number of halogens is 1. The molecule has 2 heterocycles. The number of hydrogen-bond acceptors (Lipinski definition) is 6. The maximum atomic E-state index is 12.8. The van der Waals surface area contributed by atoms with Gasteiger partial charge in [-0.15, -0.1) is 0 Å². The van der Waals surface area contributed by atoms with Crippen molar-refractivity contribution in [3.63, 3.8) is 0 Å². The molecule has 0 unspecified atom stereocenters. The van der Waals surface area contributed by atoms with Gasteiger partial charge < -0.3 is 4.74 Å². The number of benzene rings is 2. The number of unbranched alkanes of at least 4 members (excludes halogenated alkanes) is 1. The minimum atomic E-state index is -0.434. The summed E-state index contributed by atoms with van der Waals surface area (Å²) in [6, 6.07) is 14.7. The van der Waals surface area contributed by atoms with Gasteiger partial charge in [0.2, 0.25) is 4.96 Å². The Balaban J connectivity index is 1.63. The molecular weight excluding hydrogens is 434 g/mol. The molecule has 4 rings (SSSR count). The van der Waals surface area contributed by atoms with Gasteiger partial charge in [0.05, 0.1) is 11.1 Å². The van der Waals surface area contributed by atoms with Gasteiger partial charge in [0.1, 0.15) is 11.4 Å². The molecule has 0 aliphatic carbocycles. The lowest BCUT2D eigenvalue weighted by Crippen LogP contribution is -2.28.